The molecule has 1 N–H and O–H groups in total. The van der Waals surface area contributed by atoms with Crippen molar-refractivity contribution in [2.24, 2.45) is 0 Å². The van der Waals surface area contributed by atoms with Crippen LogP contribution in [0.1, 0.15) is 27.7 Å². The summed E-state index contributed by atoms with van der Waals surface area (Å²) in [6, 6.07) is 18.7. The fourth-order valence-corrected chi connectivity index (χ4v) is 4.98. The lowest BCUT2D eigenvalue weighted by Crippen LogP contribution is -2.30. The molecule has 3 aromatic carbocycles. The second-order valence-electron chi connectivity index (χ2n) is 9.40. The molecule has 0 radical (unpaired) electrons. The van der Waals surface area contributed by atoms with Crippen molar-refractivity contribution in [3.63, 3.8) is 0 Å². The minimum atomic E-state index is -0.845. The molecule has 1 unspecified atom stereocenters. The maximum absolute atomic E-state index is 13.9. The van der Waals surface area contributed by atoms with E-state index in [2.05, 4.69) is 0 Å². The highest BCUT2D eigenvalue weighted by atomic mass is 35.5. The smallest absolute Gasteiger partial charge is 0.290 e. The number of ketones is 1. The summed E-state index contributed by atoms with van der Waals surface area (Å²) in [4.78, 5) is 30.8. The van der Waals surface area contributed by atoms with Gasteiger partial charge in [0.05, 0.1) is 25.8 Å². The molecule has 4 aromatic rings. The number of carbonyl (C=O) groups is 2. The van der Waals surface area contributed by atoms with Crippen molar-refractivity contribution in [3.05, 3.63) is 100.0 Å². The highest BCUT2D eigenvalue weighted by Gasteiger charge is 2.44. The molecule has 1 aliphatic heterocycles. The van der Waals surface area contributed by atoms with Crippen LogP contribution >= 0.6 is 11.6 Å². The Morgan fingerprint density at radius 2 is 1.72 bits per heavy atom. The number of nitrogens with zero attached hydrogens (tertiary/aromatic N) is 2. The van der Waals surface area contributed by atoms with Gasteiger partial charge in [-0.2, -0.15) is 0 Å². The number of furan rings is 1. The SMILES string of the molecule is COc1ccc(CN2C(=O)C(O)=C(C(=O)c3cc4cc(Cl)cc(OC)c4o3)C2c2ccc(N(C)C)cc2)cc1. The Labute approximate surface area is 230 Å². The average molecular weight is 547 g/mol. The van der Waals surface area contributed by atoms with Crippen molar-refractivity contribution in [2.45, 2.75) is 12.6 Å². The number of anilines is 1. The molecule has 0 saturated carbocycles. The fourth-order valence-electron chi connectivity index (χ4n) is 4.76. The highest BCUT2D eigenvalue weighted by Crippen LogP contribution is 2.42. The normalized spacial score (nSPS) is 15.3. The van der Waals surface area contributed by atoms with Gasteiger partial charge in [-0.15, -0.1) is 0 Å². The minimum absolute atomic E-state index is 0.0406. The van der Waals surface area contributed by atoms with Crippen LogP contribution in [0.4, 0.5) is 5.69 Å². The molecule has 0 fully saturated rings. The lowest BCUT2D eigenvalue weighted by Gasteiger charge is -2.27. The van der Waals surface area contributed by atoms with Gasteiger partial charge in [-0.25, -0.2) is 0 Å². The zero-order valence-electron chi connectivity index (χ0n) is 21.9. The summed E-state index contributed by atoms with van der Waals surface area (Å²) in [5.74, 6) is -0.850. The third-order valence-corrected chi connectivity index (χ3v) is 6.99. The summed E-state index contributed by atoms with van der Waals surface area (Å²) >= 11 is 6.20. The standard InChI is InChI=1S/C30H27ClN2O6/c1-32(2)21-9-7-18(8-10-21)26-25(27(34)23-14-19-13-20(31)15-24(38-4)29(19)39-23)28(35)30(36)33(26)16-17-5-11-22(37-3)12-6-17/h5-15,26,35H,16H2,1-4H3. The van der Waals surface area contributed by atoms with Gasteiger partial charge >= 0.3 is 0 Å². The summed E-state index contributed by atoms with van der Waals surface area (Å²) in [5.41, 5.74) is 2.72. The molecule has 1 aliphatic rings. The maximum Gasteiger partial charge on any atom is 0.290 e. The number of Topliss-reactive ketones (excluding diaryl/α,β-unsaturated/α-hetero) is 1. The predicted octanol–water partition coefficient (Wildman–Crippen LogP) is 5.95. The molecule has 0 spiro atoms. The van der Waals surface area contributed by atoms with E-state index in [0.29, 0.717) is 33.1 Å². The summed E-state index contributed by atoms with van der Waals surface area (Å²) < 4.78 is 16.5. The average Bonchev–Trinajstić information content (AvgIpc) is 3.47. The van der Waals surface area contributed by atoms with Crippen LogP contribution in [0.5, 0.6) is 11.5 Å². The van der Waals surface area contributed by atoms with Crippen molar-refractivity contribution in [2.75, 3.05) is 33.2 Å². The van der Waals surface area contributed by atoms with E-state index in [0.717, 1.165) is 11.3 Å². The van der Waals surface area contributed by atoms with Crippen LogP contribution in [0.15, 0.2) is 82.5 Å². The van der Waals surface area contributed by atoms with Crippen LogP contribution in [0.3, 0.4) is 0 Å². The van der Waals surface area contributed by atoms with E-state index in [9.17, 15) is 14.7 Å². The van der Waals surface area contributed by atoms with E-state index in [1.165, 1.54) is 18.1 Å². The topological polar surface area (TPSA) is 92.5 Å². The molecule has 1 aromatic heterocycles. The van der Waals surface area contributed by atoms with Crippen LogP contribution in [-0.4, -0.2) is 50.0 Å². The molecule has 8 nitrogen and oxygen atoms in total. The third-order valence-electron chi connectivity index (χ3n) is 6.78. The van der Waals surface area contributed by atoms with Crippen molar-refractivity contribution < 1.29 is 28.6 Å². The molecule has 1 amide bonds. The number of aliphatic hydroxyl groups is 1. The number of fused-ring (bicyclic) bond motifs is 1. The molecule has 1 atom stereocenters. The molecule has 9 heteroatoms. The number of aliphatic hydroxyl groups excluding tert-OH is 1. The minimum Gasteiger partial charge on any atom is -0.503 e. The number of ether oxygens (including phenoxy) is 2. The molecule has 0 bridgehead atoms. The van der Waals surface area contributed by atoms with Gasteiger partial charge < -0.3 is 28.8 Å². The first-order valence-electron chi connectivity index (χ1n) is 12.2. The first-order chi connectivity index (χ1) is 18.7. The van der Waals surface area contributed by atoms with E-state index >= 15 is 0 Å². The Balaban J connectivity index is 1.59. The van der Waals surface area contributed by atoms with Gasteiger partial charge in [0.25, 0.3) is 5.91 Å². The number of carbonyl (C=O) groups excluding carboxylic acids is 2. The van der Waals surface area contributed by atoms with Crippen molar-refractivity contribution in [1.29, 1.82) is 0 Å². The molecule has 5 rings (SSSR count). The molecule has 0 aliphatic carbocycles. The Hall–Kier alpha value is -4.43. The van der Waals surface area contributed by atoms with E-state index in [4.69, 9.17) is 25.5 Å². The number of hydrogen-bond donors (Lipinski definition) is 1. The largest absolute Gasteiger partial charge is 0.503 e. The van der Waals surface area contributed by atoms with E-state index < -0.39 is 23.5 Å². The quantitative estimate of drug-likeness (QED) is 0.273. The number of amides is 1. The molecule has 200 valence electrons. The number of benzene rings is 3. The Bertz CT molecular complexity index is 1590. The summed E-state index contributed by atoms with van der Waals surface area (Å²) in [5, 5.41) is 12.0. The van der Waals surface area contributed by atoms with Crippen LogP contribution in [0, 0.1) is 0 Å². The van der Waals surface area contributed by atoms with Crippen LogP contribution < -0.4 is 14.4 Å². The van der Waals surface area contributed by atoms with Gasteiger partial charge in [0.2, 0.25) is 5.78 Å². The predicted molar refractivity (Wildman–Crippen MR) is 149 cm³/mol. The van der Waals surface area contributed by atoms with Gasteiger partial charge in [-0.1, -0.05) is 35.9 Å². The summed E-state index contributed by atoms with van der Waals surface area (Å²) in [6.07, 6.45) is 0. The molecule has 2 heterocycles. The maximum atomic E-state index is 13.9. The number of rotatable bonds is 8. The van der Waals surface area contributed by atoms with Gasteiger partial charge in [-0.3, -0.25) is 9.59 Å². The number of methoxy groups -OCH3 is 2. The van der Waals surface area contributed by atoms with Gasteiger partial charge in [-0.05, 0) is 47.5 Å². The van der Waals surface area contributed by atoms with Crippen LogP contribution in [-0.2, 0) is 11.3 Å². The van der Waals surface area contributed by atoms with Gasteiger partial charge in [0.15, 0.2) is 22.9 Å². The number of hydrogen-bond acceptors (Lipinski definition) is 7. The highest BCUT2D eigenvalue weighted by molar-refractivity contribution is 6.31. The fraction of sp³-hybridized carbons (Fsp3) is 0.200. The van der Waals surface area contributed by atoms with Crippen molar-refractivity contribution in [1.82, 2.24) is 4.90 Å². The first kappa shape index (κ1) is 26.2. The van der Waals surface area contributed by atoms with E-state index in [-0.39, 0.29) is 17.9 Å². The van der Waals surface area contributed by atoms with E-state index in [1.54, 1.807) is 31.4 Å². The Morgan fingerprint density at radius 1 is 1.03 bits per heavy atom. The monoisotopic (exact) mass is 546 g/mol. The van der Waals surface area contributed by atoms with Crippen molar-refractivity contribution >= 4 is 39.9 Å². The lowest BCUT2D eigenvalue weighted by molar-refractivity contribution is -0.130. The zero-order chi connectivity index (χ0) is 27.8. The summed E-state index contributed by atoms with van der Waals surface area (Å²) in [7, 11) is 6.90. The van der Waals surface area contributed by atoms with Crippen molar-refractivity contribution in [3.8, 4) is 11.5 Å². The number of halogens is 1. The van der Waals surface area contributed by atoms with E-state index in [1.807, 2.05) is 55.4 Å². The molecular weight excluding hydrogens is 520 g/mol. The second-order valence-corrected chi connectivity index (χ2v) is 9.83. The Morgan fingerprint density at radius 3 is 2.33 bits per heavy atom. The van der Waals surface area contributed by atoms with Gasteiger partial charge in [0.1, 0.15) is 5.75 Å². The Kier molecular flexibility index (Phi) is 6.97. The summed E-state index contributed by atoms with van der Waals surface area (Å²) in [6.45, 7) is 0.160. The molecule has 39 heavy (non-hydrogen) atoms. The van der Waals surface area contributed by atoms with Crippen LogP contribution in [0.2, 0.25) is 5.02 Å². The molecular formula is C30H27ClN2O6. The lowest BCUT2D eigenvalue weighted by atomic mass is 9.94. The third kappa shape index (κ3) is 4.79. The zero-order valence-corrected chi connectivity index (χ0v) is 22.7. The first-order valence-corrected chi connectivity index (χ1v) is 12.6. The van der Waals surface area contributed by atoms with Gasteiger partial charge in [0, 0.05) is 42.8 Å². The second kappa shape index (κ2) is 10.4. The molecule has 0 saturated heterocycles. The van der Waals surface area contributed by atoms with Crippen LogP contribution in [0.25, 0.3) is 11.0 Å².